The molecular formula is C27H24N2O4S. The second-order valence-electron chi connectivity index (χ2n) is 8.16. The van der Waals surface area contributed by atoms with Crippen molar-refractivity contribution in [2.75, 3.05) is 16.2 Å². The molecule has 0 aromatic heterocycles. The molecule has 4 aromatic carbocycles. The van der Waals surface area contributed by atoms with Gasteiger partial charge in [0.1, 0.15) is 12.4 Å². The van der Waals surface area contributed by atoms with Gasteiger partial charge in [-0.1, -0.05) is 54.6 Å². The summed E-state index contributed by atoms with van der Waals surface area (Å²) in [6, 6.07) is 28.0. The Kier molecular flexibility index (Phi) is 5.94. The first-order valence-electron chi connectivity index (χ1n) is 11.1. The van der Waals surface area contributed by atoms with E-state index in [1.165, 1.54) is 4.31 Å². The van der Waals surface area contributed by atoms with E-state index in [0.29, 0.717) is 29.3 Å². The van der Waals surface area contributed by atoms with Crippen molar-refractivity contribution in [3.63, 3.8) is 0 Å². The van der Waals surface area contributed by atoms with Gasteiger partial charge in [-0.15, -0.1) is 0 Å². The van der Waals surface area contributed by atoms with Crippen LogP contribution in [0.3, 0.4) is 0 Å². The van der Waals surface area contributed by atoms with Gasteiger partial charge in [0.25, 0.3) is 10.0 Å². The number of amides is 1. The topological polar surface area (TPSA) is 75.7 Å². The van der Waals surface area contributed by atoms with Crippen LogP contribution in [-0.4, -0.2) is 20.9 Å². The molecule has 0 aliphatic carbocycles. The van der Waals surface area contributed by atoms with E-state index in [2.05, 4.69) is 5.32 Å². The molecule has 1 heterocycles. The van der Waals surface area contributed by atoms with Gasteiger partial charge in [0.05, 0.1) is 10.6 Å². The molecule has 6 nitrogen and oxygen atoms in total. The Labute approximate surface area is 198 Å². The molecule has 1 N–H and O–H groups in total. The Hall–Kier alpha value is -3.84. The number of hydrogen-bond acceptors (Lipinski definition) is 4. The van der Waals surface area contributed by atoms with E-state index in [1.54, 1.807) is 24.3 Å². The molecule has 0 bridgehead atoms. The van der Waals surface area contributed by atoms with Gasteiger partial charge in [-0.05, 0) is 53.8 Å². The van der Waals surface area contributed by atoms with Crippen LogP contribution < -0.4 is 14.4 Å². The van der Waals surface area contributed by atoms with Crippen LogP contribution in [0.4, 0.5) is 11.4 Å². The van der Waals surface area contributed by atoms with E-state index in [0.717, 1.165) is 22.1 Å². The van der Waals surface area contributed by atoms with Gasteiger partial charge in [-0.2, -0.15) is 0 Å². The zero-order valence-electron chi connectivity index (χ0n) is 18.5. The molecule has 1 amide bonds. The lowest BCUT2D eigenvalue weighted by atomic mass is 10.1. The van der Waals surface area contributed by atoms with Crippen molar-refractivity contribution in [2.45, 2.75) is 24.3 Å². The highest BCUT2D eigenvalue weighted by atomic mass is 32.2. The van der Waals surface area contributed by atoms with Crippen molar-refractivity contribution in [1.29, 1.82) is 0 Å². The third-order valence-electron chi connectivity index (χ3n) is 5.83. The normalized spacial score (nSPS) is 13.7. The molecule has 1 aliphatic heterocycles. The van der Waals surface area contributed by atoms with Crippen molar-refractivity contribution >= 4 is 38.1 Å². The summed E-state index contributed by atoms with van der Waals surface area (Å²) in [6.07, 6.45) is 0.623. The smallest absolute Gasteiger partial charge is 0.265 e. The van der Waals surface area contributed by atoms with Crippen molar-refractivity contribution in [3.8, 4) is 5.75 Å². The fraction of sp³-hybridized carbons (Fsp3) is 0.148. The van der Waals surface area contributed by atoms with Crippen LogP contribution >= 0.6 is 0 Å². The predicted octanol–water partition coefficient (Wildman–Crippen LogP) is 5.35. The average molecular weight is 473 g/mol. The number of nitrogens with zero attached hydrogens (tertiary/aromatic N) is 1. The SMILES string of the molecule is O=C(CCCN1c2cccc3cccc(c23)S1(=O)=O)Nc1ccc(OCc2ccccc2)cc1. The number of hydrogen-bond donors (Lipinski definition) is 1. The molecule has 172 valence electrons. The fourth-order valence-electron chi connectivity index (χ4n) is 4.18. The highest BCUT2D eigenvalue weighted by molar-refractivity contribution is 7.93. The van der Waals surface area contributed by atoms with E-state index < -0.39 is 10.0 Å². The lowest BCUT2D eigenvalue weighted by molar-refractivity contribution is -0.116. The molecule has 0 spiro atoms. The zero-order valence-corrected chi connectivity index (χ0v) is 19.3. The Morgan fingerprint density at radius 3 is 2.35 bits per heavy atom. The highest BCUT2D eigenvalue weighted by Gasteiger charge is 2.35. The number of benzene rings is 4. The van der Waals surface area contributed by atoms with Crippen LogP contribution in [-0.2, 0) is 21.4 Å². The number of anilines is 2. The van der Waals surface area contributed by atoms with Crippen LogP contribution in [0.5, 0.6) is 5.75 Å². The summed E-state index contributed by atoms with van der Waals surface area (Å²) in [5.41, 5.74) is 2.43. The Balaban J connectivity index is 1.15. The largest absolute Gasteiger partial charge is 0.489 e. The van der Waals surface area contributed by atoms with E-state index in [9.17, 15) is 13.2 Å². The first kappa shape index (κ1) is 22.0. The van der Waals surface area contributed by atoms with Gasteiger partial charge in [0, 0.05) is 24.0 Å². The molecule has 5 rings (SSSR count). The Morgan fingerprint density at radius 2 is 1.59 bits per heavy atom. The maximum Gasteiger partial charge on any atom is 0.265 e. The quantitative estimate of drug-likeness (QED) is 0.375. The Morgan fingerprint density at radius 1 is 0.853 bits per heavy atom. The van der Waals surface area contributed by atoms with Gasteiger partial charge in [-0.25, -0.2) is 8.42 Å². The van der Waals surface area contributed by atoms with Gasteiger partial charge in [-0.3, -0.25) is 9.10 Å². The molecule has 34 heavy (non-hydrogen) atoms. The van der Waals surface area contributed by atoms with Crippen molar-refractivity contribution in [1.82, 2.24) is 0 Å². The van der Waals surface area contributed by atoms with Crippen LogP contribution in [0.1, 0.15) is 18.4 Å². The highest BCUT2D eigenvalue weighted by Crippen LogP contribution is 2.41. The molecule has 1 aliphatic rings. The number of carbonyl (C=O) groups excluding carboxylic acids is 1. The summed E-state index contributed by atoms with van der Waals surface area (Å²) in [7, 11) is -3.60. The number of rotatable bonds is 8. The maximum absolute atomic E-state index is 13.0. The predicted molar refractivity (Wildman–Crippen MR) is 134 cm³/mol. The molecule has 0 radical (unpaired) electrons. The van der Waals surface area contributed by atoms with Crippen molar-refractivity contribution in [2.24, 2.45) is 0 Å². The molecule has 7 heteroatoms. The summed E-state index contributed by atoms with van der Waals surface area (Å²) in [6.45, 7) is 0.722. The van der Waals surface area contributed by atoms with E-state index in [-0.39, 0.29) is 18.9 Å². The number of sulfonamides is 1. The van der Waals surface area contributed by atoms with E-state index in [1.807, 2.05) is 66.7 Å². The summed E-state index contributed by atoms with van der Waals surface area (Å²) in [5, 5.41) is 4.52. The van der Waals surface area contributed by atoms with Crippen molar-refractivity contribution < 1.29 is 17.9 Å². The summed E-state index contributed by atoms with van der Waals surface area (Å²) in [4.78, 5) is 12.8. The average Bonchev–Trinajstić information content (AvgIpc) is 3.07. The van der Waals surface area contributed by atoms with Crippen molar-refractivity contribution in [3.05, 3.63) is 96.6 Å². The van der Waals surface area contributed by atoms with Crippen LogP contribution in [0.25, 0.3) is 10.8 Å². The van der Waals surface area contributed by atoms with Gasteiger partial charge in [0.15, 0.2) is 0 Å². The monoisotopic (exact) mass is 472 g/mol. The minimum atomic E-state index is -3.60. The van der Waals surface area contributed by atoms with E-state index in [4.69, 9.17) is 4.74 Å². The Bertz CT molecular complexity index is 1430. The fourth-order valence-corrected chi connectivity index (χ4v) is 5.93. The standard InChI is InChI=1S/C27H24N2O4S/c30-26(28-22-14-16-23(17-15-22)33-19-20-7-2-1-3-8-20)13-6-18-29-24-11-4-9-21-10-5-12-25(27(21)24)34(29,31)32/h1-5,7-12,14-17H,6,13,18-19H2,(H,28,30). The minimum absolute atomic E-state index is 0.162. The second-order valence-corrected chi connectivity index (χ2v) is 9.99. The third-order valence-corrected chi connectivity index (χ3v) is 7.69. The third kappa shape index (κ3) is 4.34. The van der Waals surface area contributed by atoms with Gasteiger partial charge < -0.3 is 10.1 Å². The summed E-state index contributed by atoms with van der Waals surface area (Å²) in [5.74, 6) is 0.556. The second kappa shape index (κ2) is 9.19. The first-order chi connectivity index (χ1) is 16.5. The maximum atomic E-state index is 13.0. The molecular weight excluding hydrogens is 448 g/mol. The number of nitrogens with one attached hydrogen (secondary N) is 1. The zero-order chi connectivity index (χ0) is 23.5. The van der Waals surface area contributed by atoms with Crippen LogP contribution in [0.15, 0.2) is 95.9 Å². The number of carbonyl (C=O) groups is 1. The van der Waals surface area contributed by atoms with Gasteiger partial charge in [0.2, 0.25) is 5.91 Å². The van der Waals surface area contributed by atoms with Crippen LogP contribution in [0.2, 0.25) is 0 Å². The molecule has 0 saturated heterocycles. The molecule has 0 saturated carbocycles. The van der Waals surface area contributed by atoms with Crippen LogP contribution in [0, 0.1) is 0 Å². The summed E-state index contributed by atoms with van der Waals surface area (Å²) >= 11 is 0. The molecule has 0 unspecified atom stereocenters. The van der Waals surface area contributed by atoms with E-state index >= 15 is 0 Å². The molecule has 0 fully saturated rings. The molecule has 0 atom stereocenters. The lowest BCUT2D eigenvalue weighted by Gasteiger charge is -2.18. The first-order valence-corrected chi connectivity index (χ1v) is 12.6. The summed E-state index contributed by atoms with van der Waals surface area (Å²) < 4.78 is 33.2. The number of ether oxygens (including phenoxy) is 1. The van der Waals surface area contributed by atoms with Gasteiger partial charge >= 0.3 is 0 Å². The lowest BCUT2D eigenvalue weighted by Crippen LogP contribution is -2.28. The minimum Gasteiger partial charge on any atom is -0.489 e. The molecule has 4 aromatic rings.